The number of benzene rings is 3. The topological polar surface area (TPSA) is 94.0 Å². The molecule has 0 aliphatic heterocycles. The average molecular weight is 541 g/mol. The number of ether oxygens (including phenoxy) is 2. The van der Waals surface area contributed by atoms with E-state index >= 15 is 0 Å². The van der Waals surface area contributed by atoms with E-state index in [1.54, 1.807) is 27.0 Å². The molecule has 2 N–H and O–H groups in total. The van der Waals surface area contributed by atoms with E-state index in [2.05, 4.69) is 57.7 Å². The molecule has 0 unspecified atom stereocenters. The van der Waals surface area contributed by atoms with Gasteiger partial charge in [0.2, 0.25) is 0 Å². The van der Waals surface area contributed by atoms with Crippen molar-refractivity contribution in [1.29, 1.82) is 0 Å². The highest BCUT2D eigenvalue weighted by molar-refractivity contribution is 6.00. The molecule has 0 aliphatic carbocycles. The quantitative estimate of drug-likeness (QED) is 0.203. The number of carbonyl (C=O) groups excluding carboxylic acids is 2. The number of amides is 2. The lowest BCUT2D eigenvalue weighted by Crippen LogP contribution is -2.49. The Labute approximate surface area is 235 Å². The molecule has 0 fully saturated rings. The summed E-state index contributed by atoms with van der Waals surface area (Å²) < 4.78 is 13.2. The molecule has 1 heterocycles. The molecule has 40 heavy (non-hydrogen) atoms. The Morgan fingerprint density at radius 2 is 1.70 bits per heavy atom. The van der Waals surface area contributed by atoms with Gasteiger partial charge < -0.3 is 19.4 Å². The molecule has 0 spiro atoms. The molecule has 1 atom stereocenters. The first-order valence-electron chi connectivity index (χ1n) is 13.3. The number of hydrogen-bond donors (Lipinski definition) is 2. The number of hydrazone groups is 1. The predicted octanol–water partition coefficient (Wildman–Crippen LogP) is 5.56. The van der Waals surface area contributed by atoms with E-state index in [0.717, 1.165) is 22.0 Å². The first-order chi connectivity index (χ1) is 19.2. The highest BCUT2D eigenvalue weighted by atomic mass is 16.6. The van der Waals surface area contributed by atoms with Gasteiger partial charge in [0, 0.05) is 29.2 Å². The van der Waals surface area contributed by atoms with E-state index in [-0.39, 0.29) is 6.61 Å². The van der Waals surface area contributed by atoms with Gasteiger partial charge in [-0.1, -0.05) is 78.4 Å². The van der Waals surface area contributed by atoms with Gasteiger partial charge in [0.25, 0.3) is 5.91 Å². The van der Waals surface area contributed by atoms with Crippen LogP contribution in [0, 0.1) is 6.92 Å². The Hall–Kier alpha value is -4.43. The molecule has 0 radical (unpaired) electrons. The summed E-state index contributed by atoms with van der Waals surface area (Å²) in [5, 5.41) is 7.82. The molecule has 208 valence electrons. The van der Waals surface area contributed by atoms with Gasteiger partial charge in [0.05, 0.1) is 19.4 Å². The Bertz CT molecular complexity index is 1470. The molecule has 0 bridgehead atoms. The second-order valence-corrected chi connectivity index (χ2v) is 10.7. The van der Waals surface area contributed by atoms with Gasteiger partial charge in [-0.15, -0.1) is 0 Å². The predicted molar refractivity (Wildman–Crippen MR) is 157 cm³/mol. The summed E-state index contributed by atoms with van der Waals surface area (Å²) in [5.74, 6) is -0.515. The van der Waals surface area contributed by atoms with Crippen molar-refractivity contribution in [2.45, 2.75) is 52.5 Å². The van der Waals surface area contributed by atoms with E-state index < -0.39 is 23.6 Å². The summed E-state index contributed by atoms with van der Waals surface area (Å²) >= 11 is 0. The summed E-state index contributed by atoms with van der Waals surface area (Å²) in [4.78, 5) is 25.5. The van der Waals surface area contributed by atoms with Crippen molar-refractivity contribution in [3.05, 3.63) is 107 Å². The molecule has 0 aliphatic rings. The fourth-order valence-corrected chi connectivity index (χ4v) is 4.26. The van der Waals surface area contributed by atoms with Crippen LogP contribution in [0.15, 0.2) is 90.2 Å². The number of rotatable bonds is 10. The number of para-hydroxylation sites is 1. The smallest absolute Gasteiger partial charge is 0.408 e. The summed E-state index contributed by atoms with van der Waals surface area (Å²) in [6.07, 6.45) is 2.92. The molecule has 4 aromatic rings. The molecule has 3 aromatic carbocycles. The van der Waals surface area contributed by atoms with Crippen molar-refractivity contribution < 1.29 is 19.1 Å². The molecule has 0 saturated carbocycles. The number of fused-ring (bicyclic) bond motifs is 1. The first-order valence-corrected chi connectivity index (χ1v) is 13.3. The van der Waals surface area contributed by atoms with Crippen molar-refractivity contribution >= 4 is 29.1 Å². The zero-order chi connectivity index (χ0) is 28.5. The van der Waals surface area contributed by atoms with Crippen molar-refractivity contribution in [3.8, 4) is 0 Å². The third kappa shape index (κ3) is 8.28. The maximum absolute atomic E-state index is 13.0. The van der Waals surface area contributed by atoms with Gasteiger partial charge in [-0.05, 0) is 44.9 Å². The molecule has 4 rings (SSSR count). The van der Waals surface area contributed by atoms with E-state index in [1.807, 2.05) is 54.7 Å². The van der Waals surface area contributed by atoms with Crippen molar-refractivity contribution in [2.75, 3.05) is 6.61 Å². The Morgan fingerprint density at radius 3 is 2.45 bits per heavy atom. The molecule has 2 amide bonds. The maximum atomic E-state index is 13.0. The Morgan fingerprint density at radius 1 is 0.975 bits per heavy atom. The molecule has 8 heteroatoms. The highest BCUT2D eigenvalue weighted by Gasteiger charge is 2.24. The number of aryl methyl sites for hydroxylation is 1. The molecular formula is C32H36N4O4. The lowest BCUT2D eigenvalue weighted by molar-refractivity contribution is -0.124. The Balaban J connectivity index is 1.45. The second-order valence-electron chi connectivity index (χ2n) is 10.7. The summed E-state index contributed by atoms with van der Waals surface area (Å²) in [6.45, 7) is 8.31. The number of nitrogens with one attached hydrogen (secondary N) is 2. The van der Waals surface area contributed by atoms with Crippen LogP contribution in [0.4, 0.5) is 4.79 Å². The minimum absolute atomic E-state index is 0.0503. The van der Waals surface area contributed by atoms with Crippen LogP contribution in [-0.2, 0) is 27.4 Å². The van der Waals surface area contributed by atoms with Crippen molar-refractivity contribution in [3.63, 3.8) is 0 Å². The SMILES string of the molecule is Cc1cccc(Cn2cc(/C=N\NC(=O)[C@H](COCc3ccccc3)NC(=O)OC(C)(C)C)c3ccccc32)c1. The zero-order valence-electron chi connectivity index (χ0n) is 23.4. The minimum Gasteiger partial charge on any atom is -0.444 e. The second kappa shape index (κ2) is 13.1. The maximum Gasteiger partial charge on any atom is 0.408 e. The number of alkyl carbamates (subject to hydrolysis) is 1. The van der Waals surface area contributed by atoms with Crippen molar-refractivity contribution in [1.82, 2.24) is 15.3 Å². The summed E-state index contributed by atoms with van der Waals surface area (Å²) in [7, 11) is 0. The molecular weight excluding hydrogens is 504 g/mol. The van der Waals surface area contributed by atoms with E-state index in [4.69, 9.17) is 9.47 Å². The highest BCUT2D eigenvalue weighted by Crippen LogP contribution is 2.21. The van der Waals surface area contributed by atoms with E-state index in [0.29, 0.717) is 13.2 Å². The van der Waals surface area contributed by atoms with E-state index in [9.17, 15) is 9.59 Å². The summed E-state index contributed by atoms with van der Waals surface area (Å²) in [6, 6.07) is 25.1. The van der Waals surface area contributed by atoms with Crippen molar-refractivity contribution in [2.24, 2.45) is 5.10 Å². The third-order valence-electron chi connectivity index (χ3n) is 6.04. The van der Waals surface area contributed by atoms with Crippen LogP contribution in [0.5, 0.6) is 0 Å². The fraction of sp³-hybridized carbons (Fsp3) is 0.281. The van der Waals surface area contributed by atoms with Gasteiger partial charge in [-0.3, -0.25) is 4.79 Å². The monoisotopic (exact) mass is 540 g/mol. The first kappa shape index (κ1) is 28.6. The third-order valence-corrected chi connectivity index (χ3v) is 6.04. The van der Waals surface area contributed by atoms with Gasteiger partial charge >= 0.3 is 6.09 Å². The van der Waals surface area contributed by atoms with E-state index in [1.165, 1.54) is 11.1 Å². The minimum atomic E-state index is -1.00. The number of aromatic nitrogens is 1. The van der Waals surface area contributed by atoms with Crippen LogP contribution >= 0.6 is 0 Å². The van der Waals surface area contributed by atoms with Crippen LogP contribution in [-0.4, -0.2) is 41.0 Å². The number of nitrogens with zero attached hydrogens (tertiary/aromatic N) is 2. The number of carbonyl (C=O) groups is 2. The Kier molecular flexibility index (Phi) is 9.35. The molecule has 0 saturated heterocycles. The fourth-order valence-electron chi connectivity index (χ4n) is 4.26. The van der Waals surface area contributed by atoms with Crippen LogP contribution in [0.3, 0.4) is 0 Å². The summed E-state index contributed by atoms with van der Waals surface area (Å²) in [5.41, 5.74) is 7.13. The zero-order valence-corrected chi connectivity index (χ0v) is 23.4. The molecule has 8 nitrogen and oxygen atoms in total. The van der Waals surface area contributed by atoms with Gasteiger partial charge in [0.1, 0.15) is 11.6 Å². The van der Waals surface area contributed by atoms with Crippen LogP contribution in [0.2, 0.25) is 0 Å². The number of hydrogen-bond acceptors (Lipinski definition) is 5. The van der Waals surface area contributed by atoms with Crippen LogP contribution in [0.1, 0.15) is 43.0 Å². The largest absolute Gasteiger partial charge is 0.444 e. The van der Waals surface area contributed by atoms with Crippen LogP contribution < -0.4 is 10.7 Å². The lowest BCUT2D eigenvalue weighted by atomic mass is 10.1. The normalized spacial score (nSPS) is 12.4. The lowest BCUT2D eigenvalue weighted by Gasteiger charge is -2.22. The average Bonchev–Trinajstić information content (AvgIpc) is 3.25. The molecule has 1 aromatic heterocycles. The van der Waals surface area contributed by atoms with Gasteiger partial charge in [-0.2, -0.15) is 5.10 Å². The van der Waals surface area contributed by atoms with Gasteiger partial charge in [-0.25, -0.2) is 10.2 Å². The van der Waals surface area contributed by atoms with Crippen LogP contribution in [0.25, 0.3) is 10.9 Å². The standard InChI is InChI=1S/C32H36N4O4/c1-23-11-10-14-25(17-23)19-36-20-26(27-15-8-9-16-29(27)36)18-33-35-30(37)28(34-31(38)40-32(2,3)4)22-39-21-24-12-6-5-7-13-24/h5-18,20,28H,19,21-22H2,1-4H3,(H,34,38)(H,35,37)/b33-18-/t28-/m0/s1. The van der Waals surface area contributed by atoms with Gasteiger partial charge in [0.15, 0.2) is 0 Å².